The van der Waals surface area contributed by atoms with E-state index in [4.69, 9.17) is 9.47 Å². The third kappa shape index (κ3) is 6.26. The smallest absolute Gasteiger partial charge is 0.337 e. The van der Waals surface area contributed by atoms with Crippen molar-refractivity contribution in [3.05, 3.63) is 107 Å². The van der Waals surface area contributed by atoms with Crippen molar-refractivity contribution in [2.75, 3.05) is 20.3 Å². The number of methoxy groups -OCH3 is 1. The molecule has 3 rings (SSSR count). The van der Waals surface area contributed by atoms with E-state index in [1.807, 2.05) is 78.1 Å². The largest absolute Gasteiger partial charge is 0.465 e. The van der Waals surface area contributed by atoms with Gasteiger partial charge in [-0.25, -0.2) is 4.79 Å². The van der Waals surface area contributed by atoms with E-state index in [1.54, 1.807) is 12.1 Å². The fourth-order valence-electron chi connectivity index (χ4n) is 3.25. The number of rotatable bonds is 10. The molecule has 0 fully saturated rings. The molecule has 5 heteroatoms. The number of esters is 1. The Morgan fingerprint density at radius 3 is 2.00 bits per heavy atom. The van der Waals surface area contributed by atoms with Gasteiger partial charge in [0.05, 0.1) is 19.3 Å². The first-order valence-electron chi connectivity index (χ1n) is 10.1. The number of aliphatic hydroxyl groups is 1. The number of carbonyl (C=O) groups excluding carboxylic acids is 1. The van der Waals surface area contributed by atoms with Gasteiger partial charge in [0.15, 0.2) is 0 Å². The van der Waals surface area contributed by atoms with Gasteiger partial charge in [-0.3, -0.25) is 0 Å². The van der Waals surface area contributed by atoms with Crippen LogP contribution in [-0.4, -0.2) is 37.4 Å². The van der Waals surface area contributed by atoms with Gasteiger partial charge in [-0.1, -0.05) is 72.8 Å². The van der Waals surface area contributed by atoms with E-state index >= 15 is 0 Å². The van der Waals surface area contributed by atoms with Crippen LogP contribution >= 0.6 is 0 Å². The van der Waals surface area contributed by atoms with Crippen LogP contribution in [0.5, 0.6) is 0 Å². The highest BCUT2D eigenvalue weighted by Gasteiger charge is 2.17. The molecule has 0 spiro atoms. The molecular formula is C25H28NO4+. The van der Waals surface area contributed by atoms with Crippen molar-refractivity contribution in [3.8, 4) is 0 Å². The summed E-state index contributed by atoms with van der Waals surface area (Å²) in [5.74, 6) is -0.343. The number of benzene rings is 3. The summed E-state index contributed by atoms with van der Waals surface area (Å²) in [6.45, 7) is 1.47. The fourth-order valence-corrected chi connectivity index (χ4v) is 3.25. The Hall–Kier alpha value is -2.99. The molecule has 0 unspecified atom stereocenters. The number of nitrogens with two attached hydrogens (primary N) is 1. The minimum atomic E-state index is -0.589. The summed E-state index contributed by atoms with van der Waals surface area (Å²) < 4.78 is 10.8. The van der Waals surface area contributed by atoms with Crippen LogP contribution in [0.15, 0.2) is 84.9 Å². The molecule has 156 valence electrons. The Morgan fingerprint density at radius 1 is 0.900 bits per heavy atom. The molecule has 3 N–H and O–H groups in total. The summed E-state index contributed by atoms with van der Waals surface area (Å²) in [6.07, 6.45) is -0.804. The summed E-state index contributed by atoms with van der Waals surface area (Å²) in [6, 6.07) is 27.4. The molecule has 0 amide bonds. The molecule has 5 nitrogen and oxygen atoms in total. The zero-order valence-electron chi connectivity index (χ0n) is 17.1. The van der Waals surface area contributed by atoms with Crippen molar-refractivity contribution in [2.45, 2.75) is 18.8 Å². The molecule has 0 aliphatic carbocycles. The molecule has 0 aliphatic rings. The van der Waals surface area contributed by atoms with Crippen molar-refractivity contribution in [1.82, 2.24) is 0 Å². The molecule has 1 atom stereocenters. The number of hydrogen-bond acceptors (Lipinski definition) is 4. The van der Waals surface area contributed by atoms with Crippen LogP contribution in [0.3, 0.4) is 0 Å². The molecule has 0 radical (unpaired) electrons. The van der Waals surface area contributed by atoms with Gasteiger partial charge in [0.25, 0.3) is 0 Å². The molecule has 30 heavy (non-hydrogen) atoms. The van der Waals surface area contributed by atoms with Crippen LogP contribution in [0, 0.1) is 0 Å². The number of ether oxygens (including phenoxy) is 2. The molecule has 3 aromatic rings. The Labute approximate surface area is 177 Å². The highest BCUT2D eigenvalue weighted by Crippen LogP contribution is 2.25. The van der Waals surface area contributed by atoms with E-state index in [0.29, 0.717) is 18.7 Å². The molecule has 0 saturated heterocycles. The Bertz CT molecular complexity index is 858. The van der Waals surface area contributed by atoms with Crippen LogP contribution in [-0.2, 0) is 16.0 Å². The topological polar surface area (TPSA) is 72.4 Å². The van der Waals surface area contributed by atoms with Crippen molar-refractivity contribution >= 4 is 5.97 Å². The minimum Gasteiger partial charge on any atom is -0.465 e. The van der Waals surface area contributed by atoms with Crippen molar-refractivity contribution in [3.63, 3.8) is 0 Å². The van der Waals surface area contributed by atoms with E-state index < -0.39 is 6.10 Å². The fraction of sp³-hybridized carbons (Fsp3) is 0.240. The van der Waals surface area contributed by atoms with Crippen molar-refractivity contribution in [1.29, 1.82) is 0 Å². The zero-order chi connectivity index (χ0) is 21.2. The molecule has 3 aromatic carbocycles. The summed E-state index contributed by atoms with van der Waals surface area (Å²) in [7, 11) is 1.37. The molecule has 0 bridgehead atoms. The van der Waals surface area contributed by atoms with Crippen LogP contribution in [0.25, 0.3) is 0 Å². The van der Waals surface area contributed by atoms with Gasteiger partial charge in [0.2, 0.25) is 0 Å². The third-order valence-electron chi connectivity index (χ3n) is 4.85. The van der Waals surface area contributed by atoms with Gasteiger partial charge in [-0.15, -0.1) is 0 Å². The number of hydrogen-bond donors (Lipinski definition) is 2. The number of aliphatic hydroxyl groups excluding tert-OH is 1. The third-order valence-corrected chi connectivity index (χ3v) is 4.85. The maximum atomic E-state index is 11.5. The molecular weight excluding hydrogens is 378 g/mol. The molecule has 0 heterocycles. The quantitative estimate of drug-likeness (QED) is 0.508. The molecule has 0 saturated carbocycles. The average molecular weight is 407 g/mol. The van der Waals surface area contributed by atoms with Gasteiger partial charge in [-0.2, -0.15) is 0 Å². The SMILES string of the molecule is COC(=O)c1ccc(C[NH2+]C[C@@H](O)COC(c2ccccc2)c2ccccc2)cc1. The Kier molecular flexibility index (Phi) is 8.15. The van der Waals surface area contributed by atoms with E-state index in [1.165, 1.54) is 7.11 Å². The monoisotopic (exact) mass is 406 g/mol. The number of quaternary nitrogens is 1. The summed E-state index contributed by atoms with van der Waals surface area (Å²) in [4.78, 5) is 11.5. The normalized spacial score (nSPS) is 12.0. The summed E-state index contributed by atoms with van der Waals surface area (Å²) in [5.41, 5.74) is 3.72. The lowest BCUT2D eigenvalue weighted by atomic mass is 10.0. The van der Waals surface area contributed by atoms with E-state index in [2.05, 4.69) is 0 Å². The van der Waals surface area contributed by atoms with Crippen molar-refractivity contribution in [2.24, 2.45) is 0 Å². The van der Waals surface area contributed by atoms with Crippen LogP contribution in [0.1, 0.15) is 33.2 Å². The first-order valence-corrected chi connectivity index (χ1v) is 10.1. The average Bonchev–Trinajstić information content (AvgIpc) is 2.80. The second-order valence-electron chi connectivity index (χ2n) is 7.11. The highest BCUT2D eigenvalue weighted by atomic mass is 16.5. The summed E-state index contributed by atoms with van der Waals surface area (Å²) in [5, 5.41) is 12.4. The van der Waals surface area contributed by atoms with Crippen LogP contribution < -0.4 is 5.32 Å². The number of carbonyl (C=O) groups is 1. The maximum absolute atomic E-state index is 11.5. The predicted molar refractivity (Wildman–Crippen MR) is 115 cm³/mol. The van der Waals surface area contributed by atoms with Gasteiger partial charge in [-0.05, 0) is 23.3 Å². The lowest BCUT2D eigenvalue weighted by molar-refractivity contribution is -0.676. The van der Waals surface area contributed by atoms with E-state index in [9.17, 15) is 9.90 Å². The first kappa shape index (κ1) is 21.7. The van der Waals surface area contributed by atoms with Crippen molar-refractivity contribution < 1.29 is 24.7 Å². The standard InChI is InChI=1S/C25H27NO4/c1-29-25(28)22-14-12-19(13-15-22)16-26-17-23(27)18-30-24(20-8-4-2-5-9-20)21-10-6-3-7-11-21/h2-15,23-24,26-27H,16-18H2,1H3/p+1/t23-/m1/s1. The molecule has 0 aromatic heterocycles. The first-order chi connectivity index (χ1) is 14.7. The van der Waals surface area contributed by atoms with E-state index in [-0.39, 0.29) is 18.7 Å². The molecule has 0 aliphatic heterocycles. The van der Waals surface area contributed by atoms with Gasteiger partial charge in [0, 0.05) is 5.56 Å². The van der Waals surface area contributed by atoms with Crippen LogP contribution in [0.2, 0.25) is 0 Å². The Balaban J connectivity index is 1.50. The van der Waals surface area contributed by atoms with Crippen LogP contribution in [0.4, 0.5) is 0 Å². The van der Waals surface area contributed by atoms with Gasteiger partial charge in [0.1, 0.15) is 25.3 Å². The van der Waals surface area contributed by atoms with E-state index in [0.717, 1.165) is 16.7 Å². The minimum absolute atomic E-state index is 0.215. The lowest BCUT2D eigenvalue weighted by Gasteiger charge is -2.20. The van der Waals surface area contributed by atoms with Gasteiger partial charge < -0.3 is 19.9 Å². The maximum Gasteiger partial charge on any atom is 0.337 e. The predicted octanol–water partition coefficient (Wildman–Crippen LogP) is 2.70. The Morgan fingerprint density at radius 2 is 1.47 bits per heavy atom. The zero-order valence-corrected chi connectivity index (χ0v) is 17.1. The van der Waals surface area contributed by atoms with Gasteiger partial charge >= 0.3 is 5.97 Å². The second-order valence-corrected chi connectivity index (χ2v) is 7.11. The second kappa shape index (κ2) is 11.3. The lowest BCUT2D eigenvalue weighted by Crippen LogP contribution is -2.85. The summed E-state index contributed by atoms with van der Waals surface area (Å²) >= 11 is 0. The highest BCUT2D eigenvalue weighted by molar-refractivity contribution is 5.89.